The van der Waals surface area contributed by atoms with E-state index in [9.17, 15) is 5.21 Å². The van der Waals surface area contributed by atoms with Gasteiger partial charge in [0.05, 0.1) is 6.04 Å². The summed E-state index contributed by atoms with van der Waals surface area (Å²) < 4.78 is 0. The minimum atomic E-state index is -0.0604. The molecule has 1 unspecified atom stereocenters. The number of nitrogens with one attached hydrogen (secondary N) is 1. The summed E-state index contributed by atoms with van der Waals surface area (Å²) in [5.41, 5.74) is 8.56. The summed E-state index contributed by atoms with van der Waals surface area (Å²) in [4.78, 5) is 0. The molecule has 2 N–H and O–H groups in total. The van der Waals surface area contributed by atoms with E-state index in [1.54, 1.807) is 0 Å². The Bertz CT molecular complexity index is 631. The Labute approximate surface area is 113 Å². The first-order chi connectivity index (χ1) is 9.35. The van der Waals surface area contributed by atoms with Crippen LogP contribution in [-0.4, -0.2) is 5.21 Å². The van der Waals surface area contributed by atoms with Crippen LogP contribution in [0.4, 0.5) is 0 Å². The van der Waals surface area contributed by atoms with Gasteiger partial charge in [0.15, 0.2) is 0 Å². The Morgan fingerprint density at radius 2 is 1.74 bits per heavy atom. The van der Waals surface area contributed by atoms with Gasteiger partial charge in [0.1, 0.15) is 0 Å². The molecule has 1 aliphatic rings. The summed E-state index contributed by atoms with van der Waals surface area (Å²) in [7, 11) is 0. The highest BCUT2D eigenvalue weighted by atomic mass is 16.5. The molecule has 0 radical (unpaired) electrons. The van der Waals surface area contributed by atoms with Crippen LogP contribution in [0.15, 0.2) is 54.6 Å². The molecule has 0 spiro atoms. The van der Waals surface area contributed by atoms with Crippen molar-refractivity contribution >= 4 is 5.57 Å². The third kappa shape index (κ3) is 1.99. The summed E-state index contributed by atoms with van der Waals surface area (Å²) in [5.74, 6) is 0. The largest absolute Gasteiger partial charge is 0.316 e. The van der Waals surface area contributed by atoms with Crippen LogP contribution < -0.4 is 5.48 Å². The summed E-state index contributed by atoms with van der Waals surface area (Å²) in [6.45, 7) is 2.07. The van der Waals surface area contributed by atoms with E-state index < -0.39 is 0 Å². The van der Waals surface area contributed by atoms with Gasteiger partial charge in [-0.15, -0.1) is 0 Å². The molecule has 0 aliphatic heterocycles. The van der Waals surface area contributed by atoms with E-state index in [1.807, 2.05) is 12.1 Å². The Hall–Kier alpha value is -1.90. The number of fused-ring (bicyclic) bond motifs is 2. The smallest absolute Gasteiger partial charge is 0.0615 e. The Balaban J connectivity index is 2.29. The van der Waals surface area contributed by atoms with Crippen molar-refractivity contribution in [2.75, 3.05) is 0 Å². The highest BCUT2D eigenvalue weighted by Gasteiger charge is 2.23. The molecule has 2 heteroatoms. The van der Waals surface area contributed by atoms with Crippen molar-refractivity contribution in [1.29, 1.82) is 0 Å². The quantitative estimate of drug-likeness (QED) is 0.757. The molecule has 0 heterocycles. The van der Waals surface area contributed by atoms with E-state index in [4.69, 9.17) is 0 Å². The number of hydrogen-bond acceptors (Lipinski definition) is 2. The van der Waals surface area contributed by atoms with Gasteiger partial charge in [0.25, 0.3) is 0 Å². The number of allylic oxidation sites excluding steroid dienone is 1. The molecular formula is C17H17NO. The molecule has 0 amide bonds. The van der Waals surface area contributed by atoms with Gasteiger partial charge >= 0.3 is 0 Å². The van der Waals surface area contributed by atoms with Gasteiger partial charge in [-0.25, -0.2) is 0 Å². The van der Waals surface area contributed by atoms with Crippen molar-refractivity contribution in [3.8, 4) is 0 Å². The van der Waals surface area contributed by atoms with Gasteiger partial charge in [-0.3, -0.25) is 0 Å². The molecule has 0 fully saturated rings. The minimum Gasteiger partial charge on any atom is -0.316 e. The van der Waals surface area contributed by atoms with Crippen LogP contribution in [0.1, 0.15) is 35.2 Å². The highest BCUT2D eigenvalue weighted by Crippen LogP contribution is 2.37. The van der Waals surface area contributed by atoms with Crippen molar-refractivity contribution in [2.45, 2.75) is 19.4 Å². The van der Waals surface area contributed by atoms with Crippen LogP contribution in [0.2, 0.25) is 0 Å². The maximum absolute atomic E-state index is 9.48. The summed E-state index contributed by atoms with van der Waals surface area (Å²) in [6, 6.07) is 16.6. The number of rotatable bonds is 1. The average molecular weight is 251 g/mol. The van der Waals surface area contributed by atoms with Crippen LogP contribution in [-0.2, 0) is 6.42 Å². The van der Waals surface area contributed by atoms with Crippen molar-refractivity contribution in [2.24, 2.45) is 0 Å². The normalized spacial score (nSPS) is 19.7. The van der Waals surface area contributed by atoms with Gasteiger partial charge < -0.3 is 5.21 Å². The third-order valence-electron chi connectivity index (χ3n) is 3.80. The molecule has 2 aromatic carbocycles. The molecule has 0 bridgehead atoms. The molecule has 2 nitrogen and oxygen atoms in total. The summed E-state index contributed by atoms with van der Waals surface area (Å²) in [6.07, 6.45) is 2.94. The first-order valence-corrected chi connectivity index (χ1v) is 6.58. The second kappa shape index (κ2) is 5.00. The van der Waals surface area contributed by atoms with Crippen LogP contribution >= 0.6 is 0 Å². The molecular weight excluding hydrogens is 234 g/mol. The second-order valence-corrected chi connectivity index (χ2v) is 4.83. The molecule has 3 rings (SSSR count). The van der Waals surface area contributed by atoms with E-state index in [0.29, 0.717) is 0 Å². The predicted molar refractivity (Wildman–Crippen MR) is 77.0 cm³/mol. The second-order valence-electron chi connectivity index (χ2n) is 4.83. The van der Waals surface area contributed by atoms with Crippen LogP contribution in [0, 0.1) is 0 Å². The number of hydrogen-bond donors (Lipinski definition) is 2. The molecule has 1 aliphatic carbocycles. The lowest BCUT2D eigenvalue weighted by atomic mass is 9.94. The summed E-state index contributed by atoms with van der Waals surface area (Å²) in [5, 5.41) is 9.48. The zero-order valence-corrected chi connectivity index (χ0v) is 10.9. The Morgan fingerprint density at radius 1 is 1.05 bits per heavy atom. The molecule has 0 aromatic heterocycles. The molecule has 2 aromatic rings. The minimum absolute atomic E-state index is 0.0604. The zero-order valence-electron chi connectivity index (χ0n) is 10.9. The topological polar surface area (TPSA) is 32.3 Å². The standard InChI is InChI=1S/C17H17NO/c1-2-13-14-8-4-3-7-12(14)11-17(18-19)16-10-6-5-9-15(13)16/h2-10,17-19H,11H2,1H3/b13-2-. The predicted octanol–water partition coefficient (Wildman–Crippen LogP) is 3.71. The van der Waals surface area contributed by atoms with Crippen LogP contribution in [0.3, 0.4) is 0 Å². The Morgan fingerprint density at radius 3 is 2.47 bits per heavy atom. The fraction of sp³-hybridized carbons (Fsp3) is 0.176. The first kappa shape index (κ1) is 12.2. The van der Waals surface area contributed by atoms with Crippen molar-refractivity contribution in [3.05, 3.63) is 76.9 Å². The summed E-state index contributed by atoms with van der Waals surface area (Å²) >= 11 is 0. The fourth-order valence-electron chi connectivity index (χ4n) is 2.91. The van der Waals surface area contributed by atoms with E-state index in [2.05, 4.69) is 54.9 Å². The first-order valence-electron chi connectivity index (χ1n) is 6.58. The highest BCUT2D eigenvalue weighted by molar-refractivity contribution is 5.84. The fourth-order valence-corrected chi connectivity index (χ4v) is 2.91. The van der Waals surface area contributed by atoms with Crippen molar-refractivity contribution in [1.82, 2.24) is 5.48 Å². The molecule has 0 saturated heterocycles. The van der Waals surface area contributed by atoms with Crippen molar-refractivity contribution in [3.63, 3.8) is 0 Å². The van der Waals surface area contributed by atoms with Crippen LogP contribution in [0.25, 0.3) is 5.57 Å². The van der Waals surface area contributed by atoms with Gasteiger partial charge in [0.2, 0.25) is 0 Å². The lowest BCUT2D eigenvalue weighted by Gasteiger charge is -2.15. The molecule has 0 saturated carbocycles. The van der Waals surface area contributed by atoms with Crippen LogP contribution in [0.5, 0.6) is 0 Å². The van der Waals surface area contributed by atoms with Gasteiger partial charge in [-0.2, -0.15) is 5.48 Å². The average Bonchev–Trinajstić information content (AvgIpc) is 2.61. The molecule has 1 atom stereocenters. The van der Waals surface area contributed by atoms with Gasteiger partial charge in [-0.1, -0.05) is 54.6 Å². The molecule has 96 valence electrons. The van der Waals surface area contributed by atoms with E-state index >= 15 is 0 Å². The maximum atomic E-state index is 9.48. The maximum Gasteiger partial charge on any atom is 0.0615 e. The third-order valence-corrected chi connectivity index (χ3v) is 3.80. The number of hydroxylamine groups is 1. The van der Waals surface area contributed by atoms with Crippen molar-refractivity contribution < 1.29 is 5.21 Å². The van der Waals surface area contributed by atoms with E-state index in [0.717, 1.165) is 12.0 Å². The Kier molecular flexibility index (Phi) is 3.20. The van der Waals surface area contributed by atoms with E-state index in [1.165, 1.54) is 22.3 Å². The lowest BCUT2D eigenvalue weighted by molar-refractivity contribution is 0.126. The lowest BCUT2D eigenvalue weighted by Crippen LogP contribution is -2.19. The van der Waals surface area contributed by atoms with E-state index in [-0.39, 0.29) is 6.04 Å². The molecule has 19 heavy (non-hydrogen) atoms. The number of benzene rings is 2. The monoisotopic (exact) mass is 251 g/mol. The SMILES string of the molecule is C/C=C1/c2ccccc2CC(NO)c2ccccc21. The van der Waals surface area contributed by atoms with Gasteiger partial charge in [-0.05, 0) is 41.2 Å². The van der Waals surface area contributed by atoms with Gasteiger partial charge in [0, 0.05) is 0 Å². The zero-order chi connectivity index (χ0) is 13.2.